The number of halogens is 1. The zero-order chi connectivity index (χ0) is 12.9. The first-order valence-corrected chi connectivity index (χ1v) is 7.98. The molecule has 0 aromatic heterocycles. The van der Waals surface area contributed by atoms with E-state index >= 15 is 0 Å². The van der Waals surface area contributed by atoms with Crippen molar-refractivity contribution in [3.63, 3.8) is 0 Å². The first-order chi connectivity index (χ1) is 7.94. The first-order valence-electron chi connectivity index (χ1n) is 5.13. The lowest BCUT2D eigenvalue weighted by molar-refractivity contribution is 0.262. The van der Waals surface area contributed by atoms with Crippen LogP contribution in [-0.2, 0) is 16.4 Å². The smallest absolute Gasteiger partial charge is 0.147 e. The quantitative estimate of drug-likeness (QED) is 0.810. The average molecular weight is 323 g/mol. The van der Waals surface area contributed by atoms with Gasteiger partial charge in [-0.15, -0.1) is 0 Å². The predicted molar refractivity (Wildman–Crippen MR) is 69.9 cm³/mol. The van der Waals surface area contributed by atoms with Crippen LogP contribution in [0.2, 0.25) is 0 Å². The molecule has 0 fully saturated rings. The summed E-state index contributed by atoms with van der Waals surface area (Å²) in [5.41, 5.74) is 0.679. The molecule has 0 aliphatic heterocycles. The summed E-state index contributed by atoms with van der Waals surface area (Å²) < 4.78 is 28.1. The van der Waals surface area contributed by atoms with Gasteiger partial charge in [-0.25, -0.2) is 8.42 Å². The molecule has 1 aromatic carbocycles. The van der Waals surface area contributed by atoms with E-state index in [2.05, 4.69) is 15.9 Å². The van der Waals surface area contributed by atoms with Gasteiger partial charge in [0, 0.05) is 11.8 Å². The summed E-state index contributed by atoms with van der Waals surface area (Å²) in [7, 11) is -2.95. The second-order valence-corrected chi connectivity index (χ2v) is 6.83. The number of rotatable bonds is 6. The Hall–Kier alpha value is -0.590. The van der Waals surface area contributed by atoms with E-state index in [0.29, 0.717) is 24.3 Å². The number of aliphatic hydroxyl groups is 1. The van der Waals surface area contributed by atoms with Crippen molar-refractivity contribution in [1.82, 2.24) is 0 Å². The van der Waals surface area contributed by atoms with Gasteiger partial charge in [0.1, 0.15) is 15.6 Å². The van der Waals surface area contributed by atoms with Crippen molar-refractivity contribution in [3.8, 4) is 5.75 Å². The Bertz CT molecular complexity index is 470. The van der Waals surface area contributed by atoms with Crippen molar-refractivity contribution in [1.29, 1.82) is 0 Å². The molecule has 0 unspecified atom stereocenters. The highest BCUT2D eigenvalue weighted by Gasteiger charge is 2.08. The molecule has 0 spiro atoms. The zero-order valence-electron chi connectivity index (χ0n) is 9.52. The summed E-state index contributed by atoms with van der Waals surface area (Å²) in [5, 5.41) is 9.13. The van der Waals surface area contributed by atoms with E-state index in [1.54, 1.807) is 12.1 Å². The van der Waals surface area contributed by atoms with E-state index in [1.165, 1.54) is 6.26 Å². The Kier molecular flexibility index (Phi) is 5.42. The number of ether oxygens (including phenoxy) is 1. The van der Waals surface area contributed by atoms with Crippen molar-refractivity contribution in [2.45, 2.75) is 13.0 Å². The van der Waals surface area contributed by atoms with Gasteiger partial charge in [0.2, 0.25) is 0 Å². The van der Waals surface area contributed by atoms with Gasteiger partial charge in [-0.05, 0) is 28.4 Å². The molecule has 1 aromatic rings. The van der Waals surface area contributed by atoms with E-state index in [0.717, 1.165) is 4.47 Å². The fourth-order valence-electron chi connectivity index (χ4n) is 1.34. The third kappa shape index (κ3) is 5.06. The second-order valence-electron chi connectivity index (χ2n) is 3.72. The number of sulfone groups is 1. The lowest BCUT2D eigenvalue weighted by atomic mass is 10.2. The summed E-state index contributed by atoms with van der Waals surface area (Å²) in [6.07, 6.45) is 1.63. The number of hydrogen-bond donors (Lipinski definition) is 1. The van der Waals surface area contributed by atoms with Gasteiger partial charge in [-0.3, -0.25) is 0 Å². The Morgan fingerprint density at radius 3 is 2.71 bits per heavy atom. The molecule has 0 bridgehead atoms. The predicted octanol–water partition coefficient (Wildman–Crippen LogP) is 1.75. The highest BCUT2D eigenvalue weighted by atomic mass is 79.9. The second kappa shape index (κ2) is 6.37. The van der Waals surface area contributed by atoms with Crippen LogP contribution in [0.5, 0.6) is 5.75 Å². The maximum Gasteiger partial charge on any atom is 0.147 e. The van der Waals surface area contributed by atoms with Crippen molar-refractivity contribution >= 4 is 25.8 Å². The molecular weight excluding hydrogens is 308 g/mol. The largest absolute Gasteiger partial charge is 0.492 e. The SMILES string of the molecule is CS(=O)(=O)CCCOc1c(Br)cccc1CO. The topological polar surface area (TPSA) is 63.6 Å². The van der Waals surface area contributed by atoms with Gasteiger partial charge in [-0.1, -0.05) is 12.1 Å². The van der Waals surface area contributed by atoms with E-state index in [-0.39, 0.29) is 12.4 Å². The van der Waals surface area contributed by atoms with Gasteiger partial charge < -0.3 is 9.84 Å². The molecule has 0 radical (unpaired) electrons. The third-order valence-electron chi connectivity index (χ3n) is 2.12. The Morgan fingerprint density at radius 1 is 1.41 bits per heavy atom. The van der Waals surface area contributed by atoms with Crippen LogP contribution < -0.4 is 4.74 Å². The summed E-state index contributed by atoms with van der Waals surface area (Å²) in [6.45, 7) is 0.198. The number of aliphatic hydroxyl groups excluding tert-OH is 1. The molecule has 0 saturated carbocycles. The van der Waals surface area contributed by atoms with Gasteiger partial charge >= 0.3 is 0 Å². The van der Waals surface area contributed by atoms with Crippen molar-refractivity contribution in [2.24, 2.45) is 0 Å². The minimum atomic E-state index is -2.95. The standard InChI is InChI=1S/C11H15BrO4S/c1-17(14,15)7-3-6-16-11-9(8-13)4-2-5-10(11)12/h2,4-5,13H,3,6-8H2,1H3. The van der Waals surface area contributed by atoms with E-state index < -0.39 is 9.84 Å². The molecule has 0 saturated heterocycles. The van der Waals surface area contributed by atoms with E-state index in [9.17, 15) is 8.42 Å². The fourth-order valence-corrected chi connectivity index (χ4v) is 2.50. The lowest BCUT2D eigenvalue weighted by Crippen LogP contribution is -2.09. The third-order valence-corrected chi connectivity index (χ3v) is 3.78. The molecule has 0 heterocycles. The Morgan fingerprint density at radius 2 is 2.12 bits per heavy atom. The van der Waals surface area contributed by atoms with Crippen LogP contribution in [0, 0.1) is 0 Å². The van der Waals surface area contributed by atoms with Gasteiger partial charge in [0.15, 0.2) is 0 Å². The molecule has 0 aliphatic rings. The molecule has 0 aliphatic carbocycles. The molecule has 1 N–H and O–H groups in total. The van der Waals surface area contributed by atoms with Crippen LogP contribution in [0.4, 0.5) is 0 Å². The van der Waals surface area contributed by atoms with Gasteiger partial charge in [0.25, 0.3) is 0 Å². The maximum absolute atomic E-state index is 10.9. The highest BCUT2D eigenvalue weighted by molar-refractivity contribution is 9.10. The zero-order valence-corrected chi connectivity index (χ0v) is 11.9. The normalized spacial score (nSPS) is 11.5. The van der Waals surface area contributed by atoms with Gasteiger partial charge in [-0.2, -0.15) is 0 Å². The van der Waals surface area contributed by atoms with Crippen LogP contribution in [0.25, 0.3) is 0 Å². The first kappa shape index (κ1) is 14.5. The summed E-state index contributed by atoms with van der Waals surface area (Å²) in [6, 6.07) is 5.38. The van der Waals surface area contributed by atoms with Gasteiger partial charge in [0.05, 0.1) is 23.4 Å². The van der Waals surface area contributed by atoms with E-state index in [4.69, 9.17) is 9.84 Å². The minimum Gasteiger partial charge on any atom is -0.492 e. The summed E-state index contributed by atoms with van der Waals surface area (Å²) in [4.78, 5) is 0. The number of para-hydroxylation sites is 1. The molecule has 0 amide bonds. The van der Waals surface area contributed by atoms with Crippen LogP contribution >= 0.6 is 15.9 Å². The molecule has 0 atom stereocenters. The Labute approximate surface area is 110 Å². The van der Waals surface area contributed by atoms with Crippen LogP contribution in [0.1, 0.15) is 12.0 Å². The van der Waals surface area contributed by atoms with Crippen molar-refractivity contribution < 1.29 is 18.3 Å². The molecule has 4 nitrogen and oxygen atoms in total. The van der Waals surface area contributed by atoms with Crippen LogP contribution in [0.15, 0.2) is 22.7 Å². The molecule has 1 rings (SSSR count). The van der Waals surface area contributed by atoms with Crippen molar-refractivity contribution in [2.75, 3.05) is 18.6 Å². The fraction of sp³-hybridized carbons (Fsp3) is 0.455. The van der Waals surface area contributed by atoms with Crippen molar-refractivity contribution in [3.05, 3.63) is 28.2 Å². The highest BCUT2D eigenvalue weighted by Crippen LogP contribution is 2.29. The summed E-state index contributed by atoms with van der Waals surface area (Å²) >= 11 is 3.33. The monoisotopic (exact) mass is 322 g/mol. The lowest BCUT2D eigenvalue weighted by Gasteiger charge is -2.11. The molecule has 96 valence electrons. The minimum absolute atomic E-state index is 0.103. The number of hydrogen-bond acceptors (Lipinski definition) is 4. The molecular formula is C11H15BrO4S. The maximum atomic E-state index is 10.9. The average Bonchev–Trinajstić information content (AvgIpc) is 2.24. The van der Waals surface area contributed by atoms with Crippen LogP contribution in [-0.4, -0.2) is 32.1 Å². The molecule has 17 heavy (non-hydrogen) atoms. The summed E-state index contributed by atoms with van der Waals surface area (Å²) in [5.74, 6) is 0.676. The Balaban J connectivity index is 2.57. The molecule has 6 heteroatoms. The number of benzene rings is 1. The van der Waals surface area contributed by atoms with E-state index in [1.807, 2.05) is 6.07 Å². The van der Waals surface area contributed by atoms with Crippen LogP contribution in [0.3, 0.4) is 0 Å².